The van der Waals surface area contributed by atoms with Crippen molar-refractivity contribution in [3.05, 3.63) is 47.5 Å². The Morgan fingerprint density at radius 3 is 2.08 bits per heavy atom. The molecule has 0 amide bonds. The van der Waals surface area contributed by atoms with E-state index in [9.17, 15) is 0 Å². The molecular weight excluding hydrogens is 336 g/mol. The van der Waals surface area contributed by atoms with Gasteiger partial charge in [-0.3, -0.25) is 0 Å². The zero-order chi connectivity index (χ0) is 18.2. The normalized spacial score (nSPS) is 10.1. The van der Waals surface area contributed by atoms with Crippen molar-refractivity contribution >= 4 is 23.0 Å². The van der Waals surface area contributed by atoms with Gasteiger partial charge in [0, 0.05) is 23.9 Å². The van der Waals surface area contributed by atoms with Crippen molar-refractivity contribution in [2.24, 2.45) is 0 Å². The van der Waals surface area contributed by atoms with E-state index in [1.165, 1.54) is 5.56 Å². The molecule has 2 rings (SSSR count). The minimum atomic E-state index is 0.502. The number of ether oxygens (including phenoxy) is 3. The molecule has 2 N–H and O–H groups in total. The van der Waals surface area contributed by atoms with Gasteiger partial charge in [-0.1, -0.05) is 19.1 Å². The molecule has 0 heterocycles. The van der Waals surface area contributed by atoms with Gasteiger partial charge in [-0.25, -0.2) is 0 Å². The molecule has 0 saturated heterocycles. The Morgan fingerprint density at radius 2 is 1.52 bits per heavy atom. The van der Waals surface area contributed by atoms with Gasteiger partial charge in [0.2, 0.25) is 0 Å². The third kappa shape index (κ3) is 5.00. The molecule has 0 radical (unpaired) electrons. The highest BCUT2D eigenvalue weighted by Crippen LogP contribution is 2.34. The van der Waals surface area contributed by atoms with Crippen LogP contribution in [0.3, 0.4) is 0 Å². The van der Waals surface area contributed by atoms with Crippen LogP contribution in [-0.4, -0.2) is 26.4 Å². The number of hydrogen-bond donors (Lipinski definition) is 2. The standard InChI is InChI=1S/C19H24N2O3S/c1-5-13-6-8-15(9-7-13)21-19(25)20-12-14-10-17(23-3)18(24-4)11-16(14)22-2/h6-11H,5,12H2,1-4H3,(H2,20,21,25). The Morgan fingerprint density at radius 1 is 0.920 bits per heavy atom. The van der Waals surface area contributed by atoms with E-state index in [0.29, 0.717) is 28.9 Å². The molecule has 6 heteroatoms. The van der Waals surface area contributed by atoms with E-state index in [1.807, 2.05) is 18.2 Å². The Kier molecular flexibility index (Phi) is 6.89. The number of thiocarbonyl (C=S) groups is 1. The summed E-state index contributed by atoms with van der Waals surface area (Å²) in [5, 5.41) is 6.90. The summed E-state index contributed by atoms with van der Waals surface area (Å²) < 4.78 is 16.1. The van der Waals surface area contributed by atoms with Crippen LogP contribution in [0.15, 0.2) is 36.4 Å². The lowest BCUT2D eigenvalue weighted by Gasteiger charge is -2.16. The second kappa shape index (κ2) is 9.13. The van der Waals surface area contributed by atoms with Crippen LogP contribution in [0.4, 0.5) is 5.69 Å². The summed E-state index contributed by atoms with van der Waals surface area (Å²) >= 11 is 5.37. The number of rotatable bonds is 7. The number of anilines is 1. The second-order valence-electron chi connectivity index (χ2n) is 5.38. The van der Waals surface area contributed by atoms with Crippen molar-refractivity contribution < 1.29 is 14.2 Å². The first-order valence-electron chi connectivity index (χ1n) is 8.04. The van der Waals surface area contributed by atoms with Gasteiger partial charge in [0.15, 0.2) is 16.6 Å². The number of nitrogens with one attached hydrogen (secondary N) is 2. The summed E-state index contributed by atoms with van der Waals surface area (Å²) in [6.07, 6.45) is 1.02. The Balaban J connectivity index is 2.02. The molecule has 0 spiro atoms. The van der Waals surface area contributed by atoms with Crippen molar-refractivity contribution in [3.8, 4) is 17.2 Å². The highest BCUT2D eigenvalue weighted by molar-refractivity contribution is 7.80. The number of hydrogen-bond acceptors (Lipinski definition) is 4. The van der Waals surface area contributed by atoms with Crippen molar-refractivity contribution in [2.45, 2.75) is 19.9 Å². The van der Waals surface area contributed by atoms with E-state index in [1.54, 1.807) is 27.4 Å². The van der Waals surface area contributed by atoms with Crippen LogP contribution >= 0.6 is 12.2 Å². The predicted molar refractivity (Wildman–Crippen MR) is 105 cm³/mol. The van der Waals surface area contributed by atoms with E-state index in [-0.39, 0.29) is 0 Å². The van der Waals surface area contributed by atoms with Crippen molar-refractivity contribution in [1.29, 1.82) is 0 Å². The number of methoxy groups -OCH3 is 3. The van der Waals surface area contributed by atoms with Crippen LogP contribution in [0.2, 0.25) is 0 Å². The summed E-state index contributed by atoms with van der Waals surface area (Å²) in [5.74, 6) is 1.98. The van der Waals surface area contributed by atoms with E-state index in [4.69, 9.17) is 26.4 Å². The van der Waals surface area contributed by atoms with Crippen molar-refractivity contribution in [3.63, 3.8) is 0 Å². The van der Waals surface area contributed by atoms with E-state index < -0.39 is 0 Å². The maximum Gasteiger partial charge on any atom is 0.171 e. The zero-order valence-electron chi connectivity index (χ0n) is 15.0. The first kappa shape index (κ1) is 18.9. The fraction of sp³-hybridized carbons (Fsp3) is 0.316. The Labute approximate surface area is 154 Å². The van der Waals surface area contributed by atoms with Gasteiger partial charge >= 0.3 is 0 Å². The van der Waals surface area contributed by atoms with E-state index >= 15 is 0 Å². The Bertz CT molecular complexity index is 717. The fourth-order valence-corrected chi connectivity index (χ4v) is 2.60. The molecule has 0 aliphatic heterocycles. The highest BCUT2D eigenvalue weighted by atomic mass is 32.1. The van der Waals surface area contributed by atoms with Crippen LogP contribution in [0.5, 0.6) is 17.2 Å². The van der Waals surface area contributed by atoms with Crippen molar-refractivity contribution in [1.82, 2.24) is 5.32 Å². The van der Waals surface area contributed by atoms with Crippen LogP contribution in [0.1, 0.15) is 18.1 Å². The van der Waals surface area contributed by atoms with Crippen molar-refractivity contribution in [2.75, 3.05) is 26.6 Å². The monoisotopic (exact) mass is 360 g/mol. The van der Waals surface area contributed by atoms with E-state index in [2.05, 4.69) is 29.7 Å². The average molecular weight is 360 g/mol. The lowest BCUT2D eigenvalue weighted by atomic mass is 10.1. The van der Waals surface area contributed by atoms with Gasteiger partial charge < -0.3 is 24.8 Å². The van der Waals surface area contributed by atoms with Crippen LogP contribution < -0.4 is 24.8 Å². The zero-order valence-corrected chi connectivity index (χ0v) is 15.8. The topological polar surface area (TPSA) is 51.8 Å². The molecule has 134 valence electrons. The lowest BCUT2D eigenvalue weighted by molar-refractivity contribution is 0.347. The van der Waals surface area contributed by atoms with E-state index in [0.717, 1.165) is 17.7 Å². The fourth-order valence-electron chi connectivity index (χ4n) is 2.41. The molecule has 2 aromatic carbocycles. The summed E-state index contributed by atoms with van der Waals surface area (Å²) in [5.41, 5.74) is 3.17. The maximum absolute atomic E-state index is 5.42. The van der Waals surface area contributed by atoms with Gasteiger partial charge in [0.1, 0.15) is 5.75 Å². The molecule has 0 fully saturated rings. The molecule has 0 aliphatic carbocycles. The number of benzene rings is 2. The van der Waals surface area contributed by atoms with Gasteiger partial charge in [-0.05, 0) is 42.4 Å². The van der Waals surface area contributed by atoms with Gasteiger partial charge in [0.05, 0.1) is 21.3 Å². The Hall–Kier alpha value is -2.47. The van der Waals surface area contributed by atoms with Gasteiger partial charge in [-0.15, -0.1) is 0 Å². The van der Waals surface area contributed by atoms with Crippen LogP contribution in [-0.2, 0) is 13.0 Å². The molecule has 0 bridgehead atoms. The molecule has 25 heavy (non-hydrogen) atoms. The van der Waals surface area contributed by atoms with Crippen LogP contribution in [0, 0.1) is 0 Å². The molecule has 5 nitrogen and oxygen atoms in total. The quantitative estimate of drug-likeness (QED) is 0.733. The predicted octanol–water partition coefficient (Wildman–Crippen LogP) is 3.76. The summed E-state index contributed by atoms with van der Waals surface area (Å²) in [6.45, 7) is 2.63. The molecular formula is C19H24N2O3S. The van der Waals surface area contributed by atoms with Gasteiger partial charge in [-0.2, -0.15) is 0 Å². The smallest absolute Gasteiger partial charge is 0.171 e. The highest BCUT2D eigenvalue weighted by Gasteiger charge is 2.12. The number of aryl methyl sites for hydroxylation is 1. The summed E-state index contributed by atoms with van der Waals surface area (Å²) in [7, 11) is 4.82. The first-order valence-corrected chi connectivity index (χ1v) is 8.44. The third-order valence-electron chi connectivity index (χ3n) is 3.85. The second-order valence-corrected chi connectivity index (χ2v) is 5.79. The molecule has 0 unspecified atom stereocenters. The molecule has 0 atom stereocenters. The molecule has 0 saturated carbocycles. The molecule has 2 aromatic rings. The summed E-state index contributed by atoms with van der Waals surface area (Å²) in [4.78, 5) is 0. The molecule has 0 aromatic heterocycles. The first-order chi connectivity index (χ1) is 12.1. The maximum atomic E-state index is 5.42. The minimum Gasteiger partial charge on any atom is -0.496 e. The summed E-state index contributed by atoms with van der Waals surface area (Å²) in [6, 6.07) is 11.9. The molecule has 0 aliphatic rings. The largest absolute Gasteiger partial charge is 0.496 e. The SMILES string of the molecule is CCc1ccc(NC(=S)NCc2cc(OC)c(OC)cc2OC)cc1. The lowest BCUT2D eigenvalue weighted by Crippen LogP contribution is -2.28. The third-order valence-corrected chi connectivity index (χ3v) is 4.09. The minimum absolute atomic E-state index is 0.502. The van der Waals surface area contributed by atoms with Crippen LogP contribution in [0.25, 0.3) is 0 Å². The average Bonchev–Trinajstić information content (AvgIpc) is 2.66. The van der Waals surface area contributed by atoms with Gasteiger partial charge in [0.25, 0.3) is 0 Å².